The lowest BCUT2D eigenvalue weighted by Crippen LogP contribution is -2.29. The first-order valence-corrected chi connectivity index (χ1v) is 12.8. The van der Waals surface area contributed by atoms with Gasteiger partial charge in [-0.05, 0) is 67.8 Å². The minimum absolute atomic E-state index is 0.139. The second-order valence-electron chi connectivity index (χ2n) is 9.42. The van der Waals surface area contributed by atoms with Crippen LogP contribution in [-0.4, -0.2) is 36.1 Å². The van der Waals surface area contributed by atoms with Crippen LogP contribution < -0.4 is 4.90 Å². The first-order chi connectivity index (χ1) is 18.7. The van der Waals surface area contributed by atoms with Gasteiger partial charge in [-0.1, -0.05) is 23.5 Å². The number of rotatable bonds is 4. The Labute approximate surface area is 225 Å². The number of aryl methyl sites for hydroxylation is 3. The SMILES string of the molecule is Cc1cc(C)c2nc(N3C(=O)C(=O)/C(=C(/O)c4c(C)nc5ccccn45)C3c3ccc([N+](=O)[O-])cc3)sc2c1. The average molecular weight is 540 g/mol. The third kappa shape index (κ3) is 3.77. The molecule has 1 aliphatic rings. The van der Waals surface area contributed by atoms with Crippen LogP contribution in [0.5, 0.6) is 0 Å². The number of anilines is 1. The van der Waals surface area contributed by atoms with Gasteiger partial charge in [-0.2, -0.15) is 0 Å². The number of Topliss-reactive ketones (excluding diaryl/α,β-unsaturated/α-hetero) is 1. The van der Waals surface area contributed by atoms with Crippen molar-refractivity contribution >= 4 is 55.5 Å². The van der Waals surface area contributed by atoms with Crippen LogP contribution in [0, 0.1) is 30.9 Å². The zero-order valence-corrected chi connectivity index (χ0v) is 21.9. The van der Waals surface area contributed by atoms with Crippen molar-refractivity contribution in [1.29, 1.82) is 0 Å². The van der Waals surface area contributed by atoms with Crippen molar-refractivity contribution in [2.45, 2.75) is 26.8 Å². The van der Waals surface area contributed by atoms with Crippen LogP contribution in [0.1, 0.15) is 34.1 Å². The van der Waals surface area contributed by atoms with Crippen molar-refractivity contribution < 1.29 is 19.6 Å². The molecule has 2 aromatic carbocycles. The van der Waals surface area contributed by atoms with Crippen LogP contribution in [0.15, 0.2) is 66.4 Å². The minimum atomic E-state index is -1.07. The largest absolute Gasteiger partial charge is 0.505 e. The Kier molecular flexibility index (Phi) is 5.54. The number of hydrogen-bond acceptors (Lipinski definition) is 8. The molecule has 11 heteroatoms. The molecule has 0 saturated carbocycles. The number of nitro groups is 1. The van der Waals surface area contributed by atoms with E-state index in [4.69, 9.17) is 4.98 Å². The monoisotopic (exact) mass is 539 g/mol. The Balaban J connectivity index is 1.61. The summed E-state index contributed by atoms with van der Waals surface area (Å²) in [6.07, 6.45) is 1.71. The number of aromatic nitrogens is 3. The van der Waals surface area contributed by atoms with Gasteiger partial charge in [-0.25, -0.2) is 9.97 Å². The predicted molar refractivity (Wildman–Crippen MR) is 147 cm³/mol. The average Bonchev–Trinajstić information content (AvgIpc) is 3.55. The van der Waals surface area contributed by atoms with E-state index < -0.39 is 22.7 Å². The Morgan fingerprint density at radius 1 is 1.05 bits per heavy atom. The molecule has 1 amide bonds. The van der Waals surface area contributed by atoms with Crippen LogP contribution in [0.3, 0.4) is 0 Å². The van der Waals surface area contributed by atoms with Gasteiger partial charge >= 0.3 is 5.91 Å². The molecule has 0 spiro atoms. The standard InChI is InChI=1S/C28H21N5O5S/c1-14-12-15(2)22-19(13-14)39-28(30-22)32-24(17-7-9-18(10-8-17)33(37)38)21(26(35)27(32)36)25(34)23-16(3)29-20-6-4-5-11-31(20)23/h4-13,24,34H,1-3H3/b25-21+. The molecule has 10 nitrogen and oxygen atoms in total. The fraction of sp³-hybridized carbons (Fsp3) is 0.143. The summed E-state index contributed by atoms with van der Waals surface area (Å²) in [5, 5.41) is 23.2. The summed E-state index contributed by atoms with van der Waals surface area (Å²) in [6.45, 7) is 5.60. The van der Waals surface area contributed by atoms with Gasteiger partial charge in [0.25, 0.3) is 11.5 Å². The molecule has 3 aromatic heterocycles. The van der Waals surface area contributed by atoms with E-state index in [-0.39, 0.29) is 27.8 Å². The predicted octanol–water partition coefficient (Wildman–Crippen LogP) is 5.40. The molecule has 4 heterocycles. The van der Waals surface area contributed by atoms with Crippen LogP contribution in [-0.2, 0) is 9.59 Å². The van der Waals surface area contributed by atoms with E-state index in [9.17, 15) is 24.8 Å². The summed E-state index contributed by atoms with van der Waals surface area (Å²) in [6, 6.07) is 13.8. The molecule has 1 fully saturated rings. The maximum atomic E-state index is 13.6. The highest BCUT2D eigenvalue weighted by molar-refractivity contribution is 7.22. The van der Waals surface area contributed by atoms with Crippen molar-refractivity contribution in [3.8, 4) is 0 Å². The smallest absolute Gasteiger partial charge is 0.301 e. The van der Waals surface area contributed by atoms with Gasteiger partial charge in [-0.15, -0.1) is 0 Å². The molecular formula is C28H21N5O5S. The summed E-state index contributed by atoms with van der Waals surface area (Å²) >= 11 is 1.26. The van der Waals surface area contributed by atoms with E-state index >= 15 is 0 Å². The number of aliphatic hydroxyl groups excluding tert-OH is 1. The lowest BCUT2D eigenvalue weighted by molar-refractivity contribution is -0.384. The summed E-state index contributed by atoms with van der Waals surface area (Å²) in [7, 11) is 0. The Bertz CT molecular complexity index is 1890. The second-order valence-corrected chi connectivity index (χ2v) is 10.4. The molecular weight excluding hydrogens is 518 g/mol. The Morgan fingerprint density at radius 3 is 2.51 bits per heavy atom. The summed E-state index contributed by atoms with van der Waals surface area (Å²) in [5.41, 5.74) is 4.13. The van der Waals surface area contributed by atoms with Crippen molar-refractivity contribution in [3.63, 3.8) is 0 Å². The minimum Gasteiger partial charge on any atom is -0.505 e. The van der Waals surface area contributed by atoms with E-state index in [1.807, 2.05) is 26.0 Å². The lowest BCUT2D eigenvalue weighted by Gasteiger charge is -2.22. The van der Waals surface area contributed by atoms with E-state index in [2.05, 4.69) is 4.98 Å². The molecule has 5 aromatic rings. The van der Waals surface area contributed by atoms with Gasteiger partial charge in [0.15, 0.2) is 10.9 Å². The number of thiazole rings is 1. The topological polar surface area (TPSA) is 131 Å². The highest BCUT2D eigenvalue weighted by atomic mass is 32.1. The van der Waals surface area contributed by atoms with Crippen molar-refractivity contribution in [1.82, 2.24) is 14.4 Å². The molecule has 39 heavy (non-hydrogen) atoms. The molecule has 0 bridgehead atoms. The highest BCUT2D eigenvalue weighted by Crippen LogP contribution is 2.45. The van der Waals surface area contributed by atoms with Crippen LogP contribution >= 0.6 is 11.3 Å². The number of benzene rings is 2. The third-order valence-electron chi connectivity index (χ3n) is 6.82. The number of hydrogen-bond donors (Lipinski definition) is 1. The summed E-state index contributed by atoms with van der Waals surface area (Å²) < 4.78 is 2.50. The van der Waals surface area contributed by atoms with Crippen molar-refractivity contribution in [3.05, 3.63) is 105 Å². The zero-order chi connectivity index (χ0) is 27.6. The number of ketones is 1. The number of nitro benzene ring substituents is 1. The first kappa shape index (κ1) is 24.4. The molecule has 0 radical (unpaired) electrons. The van der Waals surface area contributed by atoms with Gasteiger partial charge in [-0.3, -0.25) is 29.0 Å². The summed E-state index contributed by atoms with van der Waals surface area (Å²) in [4.78, 5) is 48.4. The number of nitrogens with zero attached hydrogens (tertiary/aromatic N) is 5. The van der Waals surface area contributed by atoms with Crippen LogP contribution in [0.2, 0.25) is 0 Å². The van der Waals surface area contributed by atoms with Gasteiger partial charge < -0.3 is 5.11 Å². The normalized spacial score (nSPS) is 17.0. The quantitative estimate of drug-likeness (QED) is 0.106. The second kappa shape index (κ2) is 8.84. The van der Waals surface area contributed by atoms with E-state index in [1.54, 1.807) is 35.7 Å². The number of carbonyl (C=O) groups is 2. The number of carbonyl (C=O) groups excluding carboxylic acids is 2. The van der Waals surface area contributed by atoms with Gasteiger partial charge in [0, 0.05) is 18.3 Å². The molecule has 0 aliphatic carbocycles. The molecule has 194 valence electrons. The highest BCUT2D eigenvalue weighted by Gasteiger charge is 2.48. The lowest BCUT2D eigenvalue weighted by atomic mass is 9.96. The van der Waals surface area contributed by atoms with Crippen molar-refractivity contribution in [2.24, 2.45) is 0 Å². The maximum Gasteiger partial charge on any atom is 0.301 e. The van der Waals surface area contributed by atoms with Crippen molar-refractivity contribution in [2.75, 3.05) is 4.90 Å². The Hall–Kier alpha value is -4.90. The number of fused-ring (bicyclic) bond motifs is 2. The molecule has 6 rings (SSSR count). The first-order valence-electron chi connectivity index (χ1n) is 12.0. The number of imidazole rings is 1. The number of aliphatic hydroxyl groups is 1. The van der Waals surface area contributed by atoms with E-state index in [0.717, 1.165) is 15.8 Å². The molecule has 1 unspecified atom stereocenters. The third-order valence-corrected chi connectivity index (χ3v) is 7.82. The van der Waals surface area contributed by atoms with Crippen LogP contribution in [0.4, 0.5) is 10.8 Å². The fourth-order valence-electron chi connectivity index (χ4n) is 5.11. The number of amides is 1. The van der Waals surface area contributed by atoms with E-state index in [1.165, 1.54) is 40.5 Å². The molecule has 1 aliphatic heterocycles. The van der Waals surface area contributed by atoms with E-state index in [0.29, 0.717) is 22.4 Å². The Morgan fingerprint density at radius 2 is 1.79 bits per heavy atom. The van der Waals surface area contributed by atoms with Crippen LogP contribution in [0.25, 0.3) is 21.6 Å². The van der Waals surface area contributed by atoms with Gasteiger partial charge in [0.05, 0.1) is 32.4 Å². The molecule has 1 atom stereocenters. The number of non-ortho nitro benzene ring substituents is 1. The summed E-state index contributed by atoms with van der Waals surface area (Å²) in [5.74, 6) is -2.11. The molecule has 1 N–H and O–H groups in total. The fourth-order valence-corrected chi connectivity index (χ4v) is 6.28. The molecule has 1 saturated heterocycles. The maximum absolute atomic E-state index is 13.6. The number of pyridine rings is 1. The van der Waals surface area contributed by atoms with Gasteiger partial charge in [0.1, 0.15) is 11.3 Å². The zero-order valence-electron chi connectivity index (χ0n) is 21.1. The van der Waals surface area contributed by atoms with Gasteiger partial charge in [0.2, 0.25) is 0 Å².